The van der Waals surface area contributed by atoms with E-state index < -0.39 is 10.2 Å². The van der Waals surface area contributed by atoms with Crippen molar-refractivity contribution in [1.82, 2.24) is 9.29 Å². The molecular formula is C12H20N4O2S2. The summed E-state index contributed by atoms with van der Waals surface area (Å²) >= 11 is 1.36. The van der Waals surface area contributed by atoms with Crippen molar-refractivity contribution in [3.63, 3.8) is 0 Å². The number of piperidine rings is 1. The Hall–Kier alpha value is -0.700. The first-order valence-electron chi connectivity index (χ1n) is 7.02. The number of nitrogens with one attached hydrogen (secondary N) is 1. The molecule has 0 spiro atoms. The molecule has 2 fully saturated rings. The molecule has 1 aromatic heterocycles. The quantitative estimate of drug-likeness (QED) is 0.858. The number of aromatic nitrogens is 1. The maximum absolute atomic E-state index is 12.4. The number of rotatable bonds is 5. The third-order valence-corrected chi connectivity index (χ3v) is 6.26. The Bertz CT molecular complexity index is 568. The van der Waals surface area contributed by atoms with Crippen molar-refractivity contribution in [2.24, 2.45) is 11.7 Å². The maximum atomic E-state index is 12.4. The van der Waals surface area contributed by atoms with Gasteiger partial charge in [-0.3, -0.25) is 0 Å². The summed E-state index contributed by atoms with van der Waals surface area (Å²) in [4.78, 5) is 4.37. The molecule has 3 N–H and O–H groups in total. The molecule has 0 bridgehead atoms. The van der Waals surface area contributed by atoms with Gasteiger partial charge in [-0.05, 0) is 38.1 Å². The monoisotopic (exact) mass is 316 g/mol. The minimum Gasteiger partial charge on any atom is -0.330 e. The first-order valence-corrected chi connectivity index (χ1v) is 9.34. The highest BCUT2D eigenvalue weighted by Crippen LogP contribution is 2.41. The number of nitrogens with zero attached hydrogens (tertiary/aromatic N) is 2. The standard InChI is InChI=1S/C12H20N4O2S2/c13-6-9-2-1-5-16(7-9)20(17,18)15-12-14-11(8-19-12)10-3-4-10/h8-10H,1-7,13H2,(H,14,15). The van der Waals surface area contributed by atoms with Crippen LogP contribution in [0.5, 0.6) is 0 Å². The Morgan fingerprint density at radius 1 is 1.45 bits per heavy atom. The summed E-state index contributed by atoms with van der Waals surface area (Å²) in [5.74, 6) is 0.805. The lowest BCUT2D eigenvalue weighted by Gasteiger charge is -2.30. The van der Waals surface area contributed by atoms with Crippen LogP contribution in [-0.4, -0.2) is 37.3 Å². The fourth-order valence-electron chi connectivity index (χ4n) is 2.51. The smallest absolute Gasteiger partial charge is 0.303 e. The van der Waals surface area contributed by atoms with Crippen LogP contribution in [0.15, 0.2) is 5.38 Å². The van der Waals surface area contributed by atoms with Gasteiger partial charge in [0.05, 0.1) is 5.69 Å². The van der Waals surface area contributed by atoms with E-state index in [1.54, 1.807) is 0 Å². The van der Waals surface area contributed by atoms with E-state index in [1.165, 1.54) is 28.5 Å². The van der Waals surface area contributed by atoms with Gasteiger partial charge in [-0.1, -0.05) is 0 Å². The zero-order valence-corrected chi connectivity index (χ0v) is 12.9. The van der Waals surface area contributed by atoms with Gasteiger partial charge < -0.3 is 5.73 Å². The van der Waals surface area contributed by atoms with Crippen molar-refractivity contribution >= 4 is 26.7 Å². The van der Waals surface area contributed by atoms with Crippen LogP contribution < -0.4 is 10.5 Å². The second kappa shape index (κ2) is 5.59. The van der Waals surface area contributed by atoms with E-state index in [2.05, 4.69) is 9.71 Å². The van der Waals surface area contributed by atoms with Crippen molar-refractivity contribution < 1.29 is 8.42 Å². The van der Waals surface area contributed by atoms with E-state index in [1.807, 2.05) is 5.38 Å². The molecule has 1 saturated carbocycles. The molecule has 1 unspecified atom stereocenters. The predicted octanol–water partition coefficient (Wildman–Crippen LogP) is 1.35. The topological polar surface area (TPSA) is 88.3 Å². The molecule has 1 aromatic rings. The van der Waals surface area contributed by atoms with Gasteiger partial charge in [0.2, 0.25) is 0 Å². The molecule has 1 saturated heterocycles. The number of nitrogens with two attached hydrogens (primary N) is 1. The summed E-state index contributed by atoms with van der Waals surface area (Å²) in [6, 6.07) is 0. The first kappa shape index (κ1) is 14.2. The van der Waals surface area contributed by atoms with Crippen LogP contribution in [0, 0.1) is 5.92 Å². The van der Waals surface area contributed by atoms with E-state index >= 15 is 0 Å². The lowest BCUT2D eigenvalue weighted by Crippen LogP contribution is -2.44. The van der Waals surface area contributed by atoms with Gasteiger partial charge in [0.1, 0.15) is 0 Å². The fourth-order valence-corrected chi connectivity index (χ4v) is 4.83. The predicted molar refractivity (Wildman–Crippen MR) is 80.0 cm³/mol. The molecule has 8 heteroatoms. The normalized spacial score (nSPS) is 24.8. The second-order valence-corrected chi connectivity index (χ2v) is 8.09. The van der Waals surface area contributed by atoms with Crippen molar-refractivity contribution in [1.29, 1.82) is 0 Å². The van der Waals surface area contributed by atoms with Gasteiger partial charge in [-0.2, -0.15) is 12.7 Å². The van der Waals surface area contributed by atoms with E-state index in [4.69, 9.17) is 5.73 Å². The van der Waals surface area contributed by atoms with Crippen LogP contribution in [0.2, 0.25) is 0 Å². The van der Waals surface area contributed by atoms with Crippen LogP contribution in [0.4, 0.5) is 5.13 Å². The molecule has 6 nitrogen and oxygen atoms in total. The van der Waals surface area contributed by atoms with Crippen molar-refractivity contribution in [3.8, 4) is 0 Å². The molecule has 0 amide bonds. The highest BCUT2D eigenvalue weighted by atomic mass is 32.2. The second-order valence-electron chi connectivity index (χ2n) is 5.56. The SMILES string of the molecule is NCC1CCCN(S(=O)(=O)Nc2nc(C3CC3)cs2)C1. The van der Waals surface area contributed by atoms with E-state index in [0.29, 0.717) is 30.7 Å². The first-order chi connectivity index (χ1) is 9.58. The van der Waals surface area contributed by atoms with Crippen LogP contribution in [-0.2, 0) is 10.2 Å². The molecule has 20 heavy (non-hydrogen) atoms. The zero-order chi connectivity index (χ0) is 14.2. The van der Waals surface area contributed by atoms with E-state index in [-0.39, 0.29) is 5.92 Å². The molecule has 2 heterocycles. The maximum Gasteiger partial charge on any atom is 0.303 e. The Kier molecular flexibility index (Phi) is 3.98. The zero-order valence-electron chi connectivity index (χ0n) is 11.3. The van der Waals surface area contributed by atoms with Gasteiger partial charge >= 0.3 is 10.2 Å². The summed E-state index contributed by atoms with van der Waals surface area (Å²) in [5.41, 5.74) is 6.67. The average molecular weight is 316 g/mol. The van der Waals surface area contributed by atoms with E-state index in [9.17, 15) is 8.42 Å². The molecule has 0 radical (unpaired) electrons. The molecule has 0 aromatic carbocycles. The summed E-state index contributed by atoms with van der Waals surface area (Å²) < 4.78 is 28.8. The third kappa shape index (κ3) is 3.13. The average Bonchev–Trinajstić information content (AvgIpc) is 3.20. The number of anilines is 1. The van der Waals surface area contributed by atoms with Gasteiger partial charge in [-0.15, -0.1) is 11.3 Å². The molecule has 1 atom stereocenters. The molecular weight excluding hydrogens is 296 g/mol. The number of hydrogen-bond acceptors (Lipinski definition) is 5. The summed E-state index contributed by atoms with van der Waals surface area (Å²) in [5, 5.41) is 2.43. The largest absolute Gasteiger partial charge is 0.330 e. The molecule has 2 aliphatic rings. The highest BCUT2D eigenvalue weighted by Gasteiger charge is 2.30. The highest BCUT2D eigenvalue weighted by molar-refractivity contribution is 7.90. The Balaban J connectivity index is 1.67. The van der Waals surface area contributed by atoms with Gasteiger partial charge in [0.25, 0.3) is 0 Å². The van der Waals surface area contributed by atoms with Crippen LogP contribution >= 0.6 is 11.3 Å². The molecule has 3 rings (SSSR count). The Labute approximate surface area is 123 Å². The summed E-state index contributed by atoms with van der Waals surface area (Å²) in [7, 11) is -3.50. The fraction of sp³-hybridized carbons (Fsp3) is 0.750. The van der Waals surface area contributed by atoms with Gasteiger partial charge in [-0.25, -0.2) is 9.71 Å². The summed E-state index contributed by atoms with van der Waals surface area (Å²) in [6.45, 7) is 1.61. The van der Waals surface area contributed by atoms with Crippen LogP contribution in [0.25, 0.3) is 0 Å². The minimum atomic E-state index is -3.50. The van der Waals surface area contributed by atoms with Gasteiger partial charge in [0, 0.05) is 24.4 Å². The third-order valence-electron chi connectivity index (χ3n) is 3.89. The van der Waals surface area contributed by atoms with Gasteiger partial charge in [0.15, 0.2) is 5.13 Å². The Morgan fingerprint density at radius 2 is 2.25 bits per heavy atom. The molecule has 1 aliphatic heterocycles. The van der Waals surface area contributed by atoms with Crippen molar-refractivity contribution in [2.75, 3.05) is 24.4 Å². The number of hydrogen-bond donors (Lipinski definition) is 2. The Morgan fingerprint density at radius 3 is 2.95 bits per heavy atom. The minimum absolute atomic E-state index is 0.263. The van der Waals surface area contributed by atoms with Crippen molar-refractivity contribution in [3.05, 3.63) is 11.1 Å². The van der Waals surface area contributed by atoms with Crippen LogP contribution in [0.3, 0.4) is 0 Å². The molecule has 1 aliphatic carbocycles. The van der Waals surface area contributed by atoms with E-state index in [0.717, 1.165) is 18.5 Å². The lowest BCUT2D eigenvalue weighted by atomic mass is 10.0. The van der Waals surface area contributed by atoms with Crippen LogP contribution in [0.1, 0.15) is 37.3 Å². The molecule has 112 valence electrons. The summed E-state index contributed by atoms with van der Waals surface area (Å²) in [6.07, 6.45) is 4.21. The van der Waals surface area contributed by atoms with Crippen molar-refractivity contribution in [2.45, 2.75) is 31.6 Å². The lowest BCUT2D eigenvalue weighted by molar-refractivity contribution is 0.273. The number of thiazole rings is 1.